The fourth-order valence-electron chi connectivity index (χ4n) is 3.09. The molecule has 1 aromatic heterocycles. The number of halogens is 1. The summed E-state index contributed by atoms with van der Waals surface area (Å²) in [6.07, 6.45) is 1.65. The Labute approximate surface area is 154 Å². The van der Waals surface area contributed by atoms with E-state index >= 15 is 0 Å². The van der Waals surface area contributed by atoms with Gasteiger partial charge in [-0.3, -0.25) is 14.4 Å². The predicted octanol–water partition coefficient (Wildman–Crippen LogP) is 1.87. The van der Waals surface area contributed by atoms with Gasteiger partial charge >= 0.3 is 0 Å². The monoisotopic (exact) mass is 370 g/mol. The van der Waals surface area contributed by atoms with Crippen molar-refractivity contribution < 1.29 is 18.8 Å². The number of hydrogen-bond acceptors (Lipinski definition) is 3. The van der Waals surface area contributed by atoms with Crippen LogP contribution in [0.3, 0.4) is 0 Å². The quantitative estimate of drug-likeness (QED) is 0.602. The van der Waals surface area contributed by atoms with Crippen molar-refractivity contribution in [1.29, 1.82) is 0 Å². The molecule has 0 radical (unpaired) electrons. The first-order valence-corrected chi connectivity index (χ1v) is 8.36. The van der Waals surface area contributed by atoms with Gasteiger partial charge < -0.3 is 21.4 Å². The Kier molecular flexibility index (Phi) is 4.81. The van der Waals surface area contributed by atoms with Gasteiger partial charge in [0.1, 0.15) is 5.82 Å². The van der Waals surface area contributed by atoms with Crippen LogP contribution < -0.4 is 16.4 Å². The molecule has 27 heavy (non-hydrogen) atoms. The summed E-state index contributed by atoms with van der Waals surface area (Å²) < 4.78 is 13.6. The molecule has 0 saturated heterocycles. The molecule has 5 N–H and O–H groups in total. The Bertz CT molecular complexity index is 991. The zero-order valence-electron chi connectivity index (χ0n) is 14.9. The third-order valence-corrected chi connectivity index (χ3v) is 4.41. The van der Waals surface area contributed by atoms with Crippen molar-refractivity contribution in [1.82, 2.24) is 10.3 Å². The largest absolute Gasteiger partial charge is 0.370 e. The van der Waals surface area contributed by atoms with Crippen molar-refractivity contribution in [2.24, 2.45) is 5.73 Å². The van der Waals surface area contributed by atoms with Crippen LogP contribution >= 0.6 is 0 Å². The molecule has 1 aliphatic heterocycles. The SMILES string of the molecule is Cc1[nH]c(/C=C2\C(=O)Nc3ccc(F)cc32)c(C)c1C(=O)NCCC(N)=O. The Morgan fingerprint density at radius 2 is 2.04 bits per heavy atom. The van der Waals surface area contributed by atoms with Crippen LogP contribution in [0.5, 0.6) is 0 Å². The minimum absolute atomic E-state index is 0.0493. The summed E-state index contributed by atoms with van der Waals surface area (Å²) in [5.41, 5.74) is 8.67. The number of fused-ring (bicyclic) bond motifs is 1. The molecule has 0 atom stereocenters. The lowest BCUT2D eigenvalue weighted by Crippen LogP contribution is -2.28. The molecule has 2 heterocycles. The smallest absolute Gasteiger partial charge is 0.256 e. The zero-order valence-corrected chi connectivity index (χ0v) is 14.9. The van der Waals surface area contributed by atoms with E-state index in [1.165, 1.54) is 18.2 Å². The molecule has 7 nitrogen and oxygen atoms in total. The molecule has 1 aliphatic rings. The number of rotatable bonds is 5. The van der Waals surface area contributed by atoms with Gasteiger partial charge in [0.25, 0.3) is 11.8 Å². The highest BCUT2D eigenvalue weighted by atomic mass is 19.1. The standard InChI is InChI=1S/C19H19FN4O3/c1-9-15(23-10(2)17(9)19(27)22-6-5-16(21)25)8-13-12-7-11(20)3-4-14(12)24-18(13)26/h3-4,7-8,23H,5-6H2,1-2H3,(H2,21,25)(H,22,27)(H,24,26)/b13-8-. The van der Waals surface area contributed by atoms with E-state index in [1.807, 2.05) is 0 Å². The average molecular weight is 370 g/mol. The number of hydrogen-bond donors (Lipinski definition) is 4. The van der Waals surface area contributed by atoms with E-state index in [0.29, 0.717) is 39.3 Å². The second kappa shape index (κ2) is 7.06. The molecule has 140 valence electrons. The maximum Gasteiger partial charge on any atom is 0.256 e. The maximum atomic E-state index is 13.6. The average Bonchev–Trinajstić information content (AvgIpc) is 3.04. The molecule has 0 bridgehead atoms. The number of carbonyl (C=O) groups excluding carboxylic acids is 3. The van der Waals surface area contributed by atoms with Gasteiger partial charge in [0.15, 0.2) is 0 Å². The van der Waals surface area contributed by atoms with Gasteiger partial charge in [-0.1, -0.05) is 0 Å². The summed E-state index contributed by atoms with van der Waals surface area (Å²) >= 11 is 0. The van der Waals surface area contributed by atoms with Crippen LogP contribution in [0.25, 0.3) is 11.6 Å². The van der Waals surface area contributed by atoms with Gasteiger partial charge in [0.2, 0.25) is 5.91 Å². The molecule has 0 spiro atoms. The third kappa shape index (κ3) is 3.59. The molecule has 1 aromatic carbocycles. The van der Waals surface area contributed by atoms with E-state index in [9.17, 15) is 18.8 Å². The van der Waals surface area contributed by atoms with Gasteiger partial charge in [-0.15, -0.1) is 0 Å². The van der Waals surface area contributed by atoms with Crippen molar-refractivity contribution in [2.45, 2.75) is 20.3 Å². The molecule has 0 saturated carbocycles. The number of anilines is 1. The van der Waals surface area contributed by atoms with Gasteiger partial charge in [-0.25, -0.2) is 4.39 Å². The molecular weight excluding hydrogens is 351 g/mol. The lowest BCUT2D eigenvalue weighted by Gasteiger charge is -2.04. The Morgan fingerprint density at radius 1 is 1.30 bits per heavy atom. The minimum Gasteiger partial charge on any atom is -0.370 e. The molecule has 3 rings (SSSR count). The topological polar surface area (TPSA) is 117 Å². The van der Waals surface area contributed by atoms with Crippen molar-refractivity contribution in [3.8, 4) is 0 Å². The summed E-state index contributed by atoms with van der Waals surface area (Å²) in [7, 11) is 0. The number of aromatic amines is 1. The van der Waals surface area contributed by atoms with Gasteiger partial charge in [-0.2, -0.15) is 0 Å². The van der Waals surface area contributed by atoms with Crippen LogP contribution in [0.2, 0.25) is 0 Å². The van der Waals surface area contributed by atoms with E-state index in [4.69, 9.17) is 5.73 Å². The highest BCUT2D eigenvalue weighted by molar-refractivity contribution is 6.34. The van der Waals surface area contributed by atoms with Crippen LogP contribution in [-0.2, 0) is 9.59 Å². The van der Waals surface area contributed by atoms with Crippen molar-refractivity contribution in [3.05, 3.63) is 52.1 Å². The summed E-state index contributed by atoms with van der Waals surface area (Å²) in [4.78, 5) is 38.5. The highest BCUT2D eigenvalue weighted by Crippen LogP contribution is 2.34. The van der Waals surface area contributed by atoms with Gasteiger partial charge in [0, 0.05) is 35.6 Å². The number of nitrogens with two attached hydrogens (primary N) is 1. The molecule has 0 unspecified atom stereocenters. The number of H-pyrrole nitrogens is 1. The Hall–Kier alpha value is -3.42. The van der Waals surface area contributed by atoms with Crippen LogP contribution in [0, 0.1) is 19.7 Å². The first-order valence-electron chi connectivity index (χ1n) is 8.36. The van der Waals surface area contributed by atoms with Crippen LogP contribution in [0.1, 0.15) is 39.3 Å². The van der Waals surface area contributed by atoms with Gasteiger partial charge in [-0.05, 0) is 43.7 Å². The number of aryl methyl sites for hydroxylation is 1. The summed E-state index contributed by atoms with van der Waals surface area (Å²) in [6, 6.07) is 4.08. The third-order valence-electron chi connectivity index (χ3n) is 4.41. The zero-order chi connectivity index (χ0) is 19.7. The van der Waals surface area contributed by atoms with Crippen LogP contribution in [-0.4, -0.2) is 29.3 Å². The minimum atomic E-state index is -0.499. The normalized spacial score (nSPS) is 14.2. The Morgan fingerprint density at radius 3 is 2.74 bits per heavy atom. The number of nitrogens with one attached hydrogen (secondary N) is 3. The molecule has 0 fully saturated rings. The molecule has 8 heteroatoms. The van der Waals surface area contributed by atoms with Crippen molar-refractivity contribution in [2.75, 3.05) is 11.9 Å². The maximum absolute atomic E-state index is 13.6. The van der Waals surface area contributed by atoms with Crippen molar-refractivity contribution >= 4 is 35.1 Å². The number of aromatic nitrogens is 1. The van der Waals surface area contributed by atoms with E-state index in [1.54, 1.807) is 19.9 Å². The highest BCUT2D eigenvalue weighted by Gasteiger charge is 2.26. The van der Waals surface area contributed by atoms with E-state index in [2.05, 4.69) is 15.6 Å². The summed E-state index contributed by atoms with van der Waals surface area (Å²) in [6.45, 7) is 3.63. The fraction of sp³-hybridized carbons (Fsp3) is 0.211. The van der Waals surface area contributed by atoms with Crippen LogP contribution in [0.15, 0.2) is 18.2 Å². The molecule has 0 aliphatic carbocycles. The number of primary amides is 1. The molecule has 2 aromatic rings. The lowest BCUT2D eigenvalue weighted by atomic mass is 10.0. The number of benzene rings is 1. The van der Waals surface area contributed by atoms with E-state index in [-0.39, 0.29) is 24.8 Å². The van der Waals surface area contributed by atoms with Gasteiger partial charge in [0.05, 0.1) is 11.1 Å². The van der Waals surface area contributed by atoms with E-state index < -0.39 is 11.7 Å². The molecular formula is C19H19FN4O3. The molecule has 3 amide bonds. The second-order valence-corrected chi connectivity index (χ2v) is 6.34. The number of amides is 3. The first kappa shape index (κ1) is 18.4. The lowest BCUT2D eigenvalue weighted by molar-refractivity contribution is -0.117. The first-order chi connectivity index (χ1) is 12.8. The van der Waals surface area contributed by atoms with E-state index in [0.717, 1.165) is 0 Å². The van der Waals surface area contributed by atoms with Crippen molar-refractivity contribution in [3.63, 3.8) is 0 Å². The fourth-order valence-corrected chi connectivity index (χ4v) is 3.09. The predicted molar refractivity (Wildman–Crippen MR) is 99.3 cm³/mol. The summed E-state index contributed by atoms with van der Waals surface area (Å²) in [5, 5.41) is 5.33. The summed E-state index contributed by atoms with van der Waals surface area (Å²) in [5.74, 6) is -1.62. The Balaban J connectivity index is 1.92. The van der Waals surface area contributed by atoms with Crippen LogP contribution in [0.4, 0.5) is 10.1 Å². The second-order valence-electron chi connectivity index (χ2n) is 6.34. The number of carbonyl (C=O) groups is 3.